The number of carbonyl (C=O) groups excluding carboxylic acids is 1. The number of carbonyl (C=O) groups is 1. The first-order chi connectivity index (χ1) is 8.70. The largest absolute Gasteiger partial charge is 0.370 e. The molecule has 1 unspecified atom stereocenters. The molecule has 0 saturated heterocycles. The van der Waals surface area contributed by atoms with Crippen LogP contribution in [0.3, 0.4) is 0 Å². The van der Waals surface area contributed by atoms with Gasteiger partial charge in [-0.15, -0.1) is 0 Å². The molecule has 1 aliphatic carbocycles. The molecule has 1 fully saturated rings. The van der Waals surface area contributed by atoms with Crippen LogP contribution in [0.4, 0.5) is 5.82 Å². The van der Waals surface area contributed by atoms with Crippen LogP contribution in [0, 0.1) is 5.92 Å². The molecule has 0 radical (unpaired) electrons. The number of pyridine rings is 1. The van der Waals surface area contributed by atoms with E-state index in [-0.39, 0.29) is 11.9 Å². The summed E-state index contributed by atoms with van der Waals surface area (Å²) >= 11 is 0. The van der Waals surface area contributed by atoms with Crippen molar-refractivity contribution in [3.8, 4) is 0 Å². The summed E-state index contributed by atoms with van der Waals surface area (Å²) in [5.41, 5.74) is 0.677. The lowest BCUT2D eigenvalue weighted by molar-refractivity contribution is 0.0936. The van der Waals surface area contributed by atoms with Gasteiger partial charge in [0.15, 0.2) is 0 Å². The molecule has 0 aliphatic heterocycles. The van der Waals surface area contributed by atoms with Gasteiger partial charge in [-0.1, -0.05) is 6.92 Å². The first-order valence-electron chi connectivity index (χ1n) is 6.71. The van der Waals surface area contributed by atoms with Gasteiger partial charge in [0.1, 0.15) is 5.82 Å². The van der Waals surface area contributed by atoms with Crippen LogP contribution in [0.5, 0.6) is 0 Å². The van der Waals surface area contributed by atoms with E-state index in [0.29, 0.717) is 11.5 Å². The summed E-state index contributed by atoms with van der Waals surface area (Å²) in [7, 11) is 0. The van der Waals surface area contributed by atoms with E-state index in [2.05, 4.69) is 29.5 Å². The third-order valence-electron chi connectivity index (χ3n) is 3.27. The van der Waals surface area contributed by atoms with E-state index in [0.717, 1.165) is 18.8 Å². The first-order valence-corrected chi connectivity index (χ1v) is 6.71. The lowest BCUT2D eigenvalue weighted by Crippen LogP contribution is -2.34. The SMILES string of the molecule is CCCNc1cc(C(=O)NC(C)C2CC2)ccn1. The fraction of sp³-hybridized carbons (Fsp3) is 0.571. The molecule has 0 spiro atoms. The normalized spacial score (nSPS) is 16.1. The summed E-state index contributed by atoms with van der Waals surface area (Å²) in [4.78, 5) is 16.2. The molecular formula is C14H21N3O. The standard InChI is InChI=1S/C14H21N3O/c1-3-7-15-13-9-12(6-8-16-13)14(18)17-10(2)11-4-5-11/h6,8-11H,3-5,7H2,1-2H3,(H,15,16)(H,17,18). The maximum absolute atomic E-state index is 12.0. The van der Waals surface area contributed by atoms with Gasteiger partial charge in [0.25, 0.3) is 5.91 Å². The van der Waals surface area contributed by atoms with Gasteiger partial charge < -0.3 is 10.6 Å². The molecule has 1 atom stereocenters. The zero-order valence-corrected chi connectivity index (χ0v) is 11.1. The highest BCUT2D eigenvalue weighted by Crippen LogP contribution is 2.32. The smallest absolute Gasteiger partial charge is 0.251 e. The van der Waals surface area contributed by atoms with Crippen molar-refractivity contribution in [1.29, 1.82) is 0 Å². The average Bonchev–Trinajstić information content (AvgIpc) is 3.21. The van der Waals surface area contributed by atoms with Crippen LogP contribution < -0.4 is 10.6 Å². The Balaban J connectivity index is 1.95. The highest BCUT2D eigenvalue weighted by molar-refractivity contribution is 5.95. The predicted molar refractivity (Wildman–Crippen MR) is 72.7 cm³/mol. The van der Waals surface area contributed by atoms with E-state index in [9.17, 15) is 4.79 Å². The highest BCUT2D eigenvalue weighted by Gasteiger charge is 2.29. The maximum Gasteiger partial charge on any atom is 0.251 e. The number of nitrogens with zero attached hydrogens (tertiary/aromatic N) is 1. The summed E-state index contributed by atoms with van der Waals surface area (Å²) < 4.78 is 0. The Labute approximate surface area is 108 Å². The van der Waals surface area contributed by atoms with Crippen molar-refractivity contribution in [1.82, 2.24) is 10.3 Å². The minimum absolute atomic E-state index is 0.00338. The number of rotatable bonds is 6. The molecule has 4 heteroatoms. The van der Waals surface area contributed by atoms with E-state index in [1.165, 1.54) is 12.8 Å². The molecule has 1 aliphatic rings. The second-order valence-corrected chi connectivity index (χ2v) is 4.96. The summed E-state index contributed by atoms with van der Waals surface area (Å²) in [6, 6.07) is 3.84. The molecule has 98 valence electrons. The molecule has 18 heavy (non-hydrogen) atoms. The van der Waals surface area contributed by atoms with Gasteiger partial charge in [-0.05, 0) is 44.2 Å². The third-order valence-corrected chi connectivity index (χ3v) is 3.27. The Morgan fingerprint density at radius 2 is 2.33 bits per heavy atom. The minimum Gasteiger partial charge on any atom is -0.370 e. The average molecular weight is 247 g/mol. The first kappa shape index (κ1) is 12.9. The molecule has 2 rings (SSSR count). The van der Waals surface area contributed by atoms with Crippen molar-refractivity contribution in [2.24, 2.45) is 5.92 Å². The molecule has 0 aromatic carbocycles. The van der Waals surface area contributed by atoms with Gasteiger partial charge in [0, 0.05) is 24.3 Å². The number of nitrogens with one attached hydrogen (secondary N) is 2. The number of hydrogen-bond donors (Lipinski definition) is 2. The lowest BCUT2D eigenvalue weighted by atomic mass is 10.2. The summed E-state index contributed by atoms with van der Waals surface area (Å²) in [6.07, 6.45) is 5.19. The molecule has 0 bridgehead atoms. The number of hydrogen-bond acceptors (Lipinski definition) is 3. The van der Waals surface area contributed by atoms with Crippen molar-refractivity contribution in [3.05, 3.63) is 23.9 Å². The zero-order valence-electron chi connectivity index (χ0n) is 11.1. The van der Waals surface area contributed by atoms with Crippen LogP contribution in [0.1, 0.15) is 43.5 Å². The lowest BCUT2D eigenvalue weighted by Gasteiger charge is -2.13. The van der Waals surface area contributed by atoms with E-state index in [4.69, 9.17) is 0 Å². The van der Waals surface area contributed by atoms with E-state index >= 15 is 0 Å². The molecule has 2 N–H and O–H groups in total. The summed E-state index contributed by atoms with van der Waals surface area (Å²) in [6.45, 7) is 5.05. The predicted octanol–water partition coefficient (Wildman–Crippen LogP) is 2.43. The Bertz CT molecular complexity index is 415. The van der Waals surface area contributed by atoms with Crippen LogP contribution in [0.15, 0.2) is 18.3 Å². The van der Waals surface area contributed by atoms with E-state index in [1.54, 1.807) is 12.3 Å². The van der Waals surface area contributed by atoms with Gasteiger partial charge in [0.2, 0.25) is 0 Å². The fourth-order valence-corrected chi connectivity index (χ4v) is 1.93. The molecule has 1 heterocycles. The van der Waals surface area contributed by atoms with Crippen LogP contribution in [-0.2, 0) is 0 Å². The Hall–Kier alpha value is -1.58. The van der Waals surface area contributed by atoms with Crippen LogP contribution in [0.2, 0.25) is 0 Å². The number of anilines is 1. The quantitative estimate of drug-likeness (QED) is 0.811. The van der Waals surface area contributed by atoms with Gasteiger partial charge in [-0.3, -0.25) is 4.79 Å². The summed E-state index contributed by atoms with van der Waals surface area (Å²) in [5.74, 6) is 1.44. The number of amides is 1. The monoisotopic (exact) mass is 247 g/mol. The highest BCUT2D eigenvalue weighted by atomic mass is 16.1. The maximum atomic E-state index is 12.0. The van der Waals surface area contributed by atoms with Crippen molar-refractivity contribution < 1.29 is 4.79 Å². The second-order valence-electron chi connectivity index (χ2n) is 4.96. The van der Waals surface area contributed by atoms with Crippen molar-refractivity contribution in [3.63, 3.8) is 0 Å². The van der Waals surface area contributed by atoms with E-state index in [1.807, 2.05) is 6.07 Å². The fourth-order valence-electron chi connectivity index (χ4n) is 1.93. The molecule has 1 aromatic heterocycles. The van der Waals surface area contributed by atoms with Crippen molar-refractivity contribution >= 4 is 11.7 Å². The molecule has 4 nitrogen and oxygen atoms in total. The Morgan fingerprint density at radius 3 is 3.00 bits per heavy atom. The summed E-state index contributed by atoms with van der Waals surface area (Å²) in [5, 5.41) is 6.23. The van der Waals surface area contributed by atoms with E-state index < -0.39 is 0 Å². The van der Waals surface area contributed by atoms with Gasteiger partial charge in [-0.2, -0.15) is 0 Å². The Kier molecular flexibility index (Phi) is 4.18. The van der Waals surface area contributed by atoms with Gasteiger partial charge >= 0.3 is 0 Å². The molecule has 1 saturated carbocycles. The van der Waals surface area contributed by atoms with Crippen LogP contribution >= 0.6 is 0 Å². The minimum atomic E-state index is -0.00338. The third kappa shape index (κ3) is 3.45. The number of aromatic nitrogens is 1. The van der Waals surface area contributed by atoms with Crippen molar-refractivity contribution in [2.45, 2.75) is 39.2 Å². The second kappa shape index (κ2) is 5.85. The van der Waals surface area contributed by atoms with Crippen molar-refractivity contribution in [2.75, 3.05) is 11.9 Å². The molecule has 1 aromatic rings. The molecular weight excluding hydrogens is 226 g/mol. The van der Waals surface area contributed by atoms with Crippen LogP contribution in [-0.4, -0.2) is 23.5 Å². The van der Waals surface area contributed by atoms with Gasteiger partial charge in [-0.25, -0.2) is 4.98 Å². The Morgan fingerprint density at radius 1 is 1.56 bits per heavy atom. The molecule has 1 amide bonds. The van der Waals surface area contributed by atoms with Crippen LogP contribution in [0.25, 0.3) is 0 Å². The van der Waals surface area contributed by atoms with Gasteiger partial charge in [0.05, 0.1) is 0 Å². The topological polar surface area (TPSA) is 54.0 Å². The zero-order chi connectivity index (χ0) is 13.0.